The molecule has 1 aromatic heterocycles. The molecule has 1 amide bonds. The first-order valence-corrected chi connectivity index (χ1v) is 11.8. The Kier molecular flexibility index (Phi) is 5.60. The Balaban J connectivity index is 1.27. The summed E-state index contributed by atoms with van der Waals surface area (Å²) >= 11 is 1.63. The maximum absolute atomic E-state index is 13.2. The SMILES string of the molecule is Cc1nc(COc2cccc(C=CC(=O)N(C3CC3)C3CCc4ccccc43)c2)cs1. The van der Waals surface area contributed by atoms with E-state index >= 15 is 0 Å². The molecular formula is C26H26N2O2S. The van der Waals surface area contributed by atoms with E-state index in [1.807, 2.05) is 42.6 Å². The van der Waals surface area contributed by atoms with Gasteiger partial charge in [-0.25, -0.2) is 4.98 Å². The van der Waals surface area contributed by atoms with Crippen molar-refractivity contribution < 1.29 is 9.53 Å². The van der Waals surface area contributed by atoms with Crippen molar-refractivity contribution in [2.75, 3.05) is 0 Å². The second kappa shape index (κ2) is 8.67. The molecule has 2 aromatic carbocycles. The topological polar surface area (TPSA) is 42.4 Å². The van der Waals surface area contributed by atoms with Gasteiger partial charge in [0, 0.05) is 17.5 Å². The van der Waals surface area contributed by atoms with Crippen LogP contribution in [0.25, 0.3) is 6.08 Å². The van der Waals surface area contributed by atoms with Crippen molar-refractivity contribution in [2.45, 2.75) is 51.3 Å². The van der Waals surface area contributed by atoms with Gasteiger partial charge < -0.3 is 9.64 Å². The number of rotatable bonds is 7. The van der Waals surface area contributed by atoms with Gasteiger partial charge in [-0.15, -0.1) is 11.3 Å². The van der Waals surface area contributed by atoms with Crippen molar-refractivity contribution in [3.63, 3.8) is 0 Å². The van der Waals surface area contributed by atoms with Gasteiger partial charge in [-0.2, -0.15) is 0 Å². The lowest BCUT2D eigenvalue weighted by atomic mass is 10.1. The Morgan fingerprint density at radius 1 is 1.19 bits per heavy atom. The van der Waals surface area contributed by atoms with Crippen LogP contribution >= 0.6 is 11.3 Å². The lowest BCUT2D eigenvalue weighted by Gasteiger charge is -2.29. The number of fused-ring (bicyclic) bond motifs is 1. The molecular weight excluding hydrogens is 404 g/mol. The van der Waals surface area contributed by atoms with Gasteiger partial charge >= 0.3 is 0 Å². The van der Waals surface area contributed by atoms with E-state index in [4.69, 9.17) is 4.74 Å². The van der Waals surface area contributed by atoms with Crippen LogP contribution in [0.5, 0.6) is 5.75 Å². The van der Waals surface area contributed by atoms with Crippen LogP contribution in [0.15, 0.2) is 60.0 Å². The normalized spacial score (nSPS) is 17.6. The first-order chi connectivity index (χ1) is 15.2. The average Bonchev–Trinajstić information content (AvgIpc) is 3.39. The number of hydrogen-bond acceptors (Lipinski definition) is 4. The number of hydrogen-bond donors (Lipinski definition) is 0. The summed E-state index contributed by atoms with van der Waals surface area (Å²) in [6.45, 7) is 2.44. The number of aryl methyl sites for hydroxylation is 2. The summed E-state index contributed by atoms with van der Waals surface area (Å²) in [5, 5.41) is 3.06. The summed E-state index contributed by atoms with van der Waals surface area (Å²) < 4.78 is 5.88. The number of carbonyl (C=O) groups is 1. The van der Waals surface area contributed by atoms with Crippen LogP contribution in [0, 0.1) is 6.92 Å². The quantitative estimate of drug-likeness (QED) is 0.450. The molecule has 0 spiro atoms. The molecule has 1 unspecified atom stereocenters. The zero-order chi connectivity index (χ0) is 21.2. The highest BCUT2D eigenvalue weighted by Gasteiger charge is 2.39. The number of thiazole rings is 1. The number of ether oxygens (including phenoxy) is 1. The number of carbonyl (C=O) groups excluding carboxylic acids is 1. The maximum atomic E-state index is 13.2. The van der Waals surface area contributed by atoms with E-state index in [0.717, 1.165) is 47.7 Å². The summed E-state index contributed by atoms with van der Waals surface area (Å²) in [6.07, 6.45) is 7.92. The molecule has 5 rings (SSSR count). The molecule has 1 fully saturated rings. The second-order valence-electron chi connectivity index (χ2n) is 8.28. The van der Waals surface area contributed by atoms with Crippen molar-refractivity contribution in [3.05, 3.63) is 87.4 Å². The van der Waals surface area contributed by atoms with Crippen LogP contribution in [-0.4, -0.2) is 21.8 Å². The Bertz CT molecular complexity index is 1120. The van der Waals surface area contributed by atoms with Gasteiger partial charge in [-0.1, -0.05) is 36.4 Å². The Hall–Kier alpha value is -2.92. The fourth-order valence-electron chi connectivity index (χ4n) is 4.36. The smallest absolute Gasteiger partial charge is 0.247 e. The van der Waals surface area contributed by atoms with E-state index < -0.39 is 0 Å². The highest BCUT2D eigenvalue weighted by Crippen LogP contribution is 2.41. The van der Waals surface area contributed by atoms with Crippen LogP contribution in [0.3, 0.4) is 0 Å². The molecule has 3 aromatic rings. The van der Waals surface area contributed by atoms with Crippen molar-refractivity contribution in [3.8, 4) is 5.75 Å². The van der Waals surface area contributed by atoms with E-state index in [2.05, 4.69) is 34.1 Å². The summed E-state index contributed by atoms with van der Waals surface area (Å²) in [6, 6.07) is 17.0. The first kappa shape index (κ1) is 20.0. The molecule has 0 aliphatic heterocycles. The van der Waals surface area contributed by atoms with Gasteiger partial charge in [-0.3, -0.25) is 4.79 Å². The van der Waals surface area contributed by atoms with Gasteiger partial charge in [-0.05, 0) is 67.5 Å². The third kappa shape index (κ3) is 4.57. The van der Waals surface area contributed by atoms with Crippen LogP contribution in [-0.2, 0) is 17.8 Å². The molecule has 0 radical (unpaired) electrons. The average molecular weight is 431 g/mol. The minimum absolute atomic E-state index is 0.105. The van der Waals surface area contributed by atoms with Crippen LogP contribution in [0.2, 0.25) is 0 Å². The van der Waals surface area contributed by atoms with Crippen molar-refractivity contribution >= 4 is 23.3 Å². The zero-order valence-corrected chi connectivity index (χ0v) is 18.5. The van der Waals surface area contributed by atoms with Crippen molar-refractivity contribution in [2.24, 2.45) is 0 Å². The lowest BCUT2D eigenvalue weighted by molar-refractivity contribution is -0.129. The highest BCUT2D eigenvalue weighted by molar-refractivity contribution is 7.09. The molecule has 1 atom stereocenters. The van der Waals surface area contributed by atoms with Gasteiger partial charge in [0.05, 0.1) is 16.7 Å². The number of benzene rings is 2. The molecule has 4 nitrogen and oxygen atoms in total. The molecule has 0 saturated heterocycles. The molecule has 31 heavy (non-hydrogen) atoms. The van der Waals surface area contributed by atoms with Crippen LogP contribution in [0.1, 0.15) is 52.7 Å². The monoisotopic (exact) mass is 430 g/mol. The molecule has 0 N–H and O–H groups in total. The van der Waals surface area contributed by atoms with Gasteiger partial charge in [0.2, 0.25) is 5.91 Å². The summed E-state index contributed by atoms with van der Waals surface area (Å²) in [5.74, 6) is 0.887. The number of aromatic nitrogens is 1. The molecule has 158 valence electrons. The van der Waals surface area contributed by atoms with Crippen molar-refractivity contribution in [1.29, 1.82) is 0 Å². The largest absolute Gasteiger partial charge is 0.487 e. The Morgan fingerprint density at radius 3 is 2.87 bits per heavy atom. The van der Waals surface area contributed by atoms with Gasteiger partial charge in [0.15, 0.2) is 0 Å². The van der Waals surface area contributed by atoms with Crippen molar-refractivity contribution in [1.82, 2.24) is 9.88 Å². The van der Waals surface area contributed by atoms with E-state index in [1.54, 1.807) is 17.4 Å². The minimum atomic E-state index is 0.105. The number of amides is 1. The van der Waals surface area contributed by atoms with E-state index in [1.165, 1.54) is 11.1 Å². The predicted molar refractivity (Wildman–Crippen MR) is 124 cm³/mol. The molecule has 1 heterocycles. The third-order valence-corrected chi connectivity index (χ3v) is 6.78. The lowest BCUT2D eigenvalue weighted by Crippen LogP contribution is -2.34. The van der Waals surface area contributed by atoms with Gasteiger partial charge in [0.25, 0.3) is 0 Å². The molecule has 2 aliphatic carbocycles. The van der Waals surface area contributed by atoms with Crippen LogP contribution in [0.4, 0.5) is 0 Å². The fraction of sp³-hybridized carbons (Fsp3) is 0.308. The summed E-state index contributed by atoms with van der Waals surface area (Å²) in [4.78, 5) is 19.7. The highest BCUT2D eigenvalue weighted by atomic mass is 32.1. The maximum Gasteiger partial charge on any atom is 0.247 e. The molecule has 2 aliphatic rings. The number of nitrogens with zero attached hydrogens (tertiary/aromatic N) is 2. The first-order valence-electron chi connectivity index (χ1n) is 10.9. The molecule has 1 saturated carbocycles. The zero-order valence-electron chi connectivity index (χ0n) is 17.7. The third-order valence-electron chi connectivity index (χ3n) is 5.96. The van der Waals surface area contributed by atoms with Crippen LogP contribution < -0.4 is 4.74 Å². The summed E-state index contributed by atoms with van der Waals surface area (Å²) in [7, 11) is 0. The molecule has 5 heteroatoms. The van der Waals surface area contributed by atoms with Gasteiger partial charge in [0.1, 0.15) is 12.4 Å². The summed E-state index contributed by atoms with van der Waals surface area (Å²) in [5.41, 5.74) is 4.61. The minimum Gasteiger partial charge on any atom is -0.487 e. The Morgan fingerprint density at radius 2 is 2.06 bits per heavy atom. The standard InChI is InChI=1S/C26H26N2O2S/c1-18-27-21(17-31-18)16-30-23-7-4-5-19(15-23)9-14-26(29)28(22-11-12-22)25-13-10-20-6-2-3-8-24(20)25/h2-9,14-15,17,22,25H,10-13,16H2,1H3. The van der Waals surface area contributed by atoms with E-state index in [9.17, 15) is 4.79 Å². The molecule has 0 bridgehead atoms. The van der Waals surface area contributed by atoms with E-state index in [-0.39, 0.29) is 11.9 Å². The fourth-order valence-corrected chi connectivity index (χ4v) is 4.96. The van der Waals surface area contributed by atoms with E-state index in [0.29, 0.717) is 12.6 Å². The predicted octanol–water partition coefficient (Wildman–Crippen LogP) is 5.72. The second-order valence-corrected chi connectivity index (χ2v) is 9.34. The Labute approximate surface area is 187 Å².